The van der Waals surface area contributed by atoms with E-state index in [0.29, 0.717) is 18.8 Å². The van der Waals surface area contributed by atoms with Gasteiger partial charge in [-0.2, -0.15) is 0 Å². The standard InChI is InChI=1S/C6H13NO/c1-5-2-3-6(4-7)8-5/h5-6H,2-4,7H2,1H3/t5-,6+/m1/s1. The molecule has 1 aliphatic heterocycles. The molecule has 1 saturated heterocycles. The van der Waals surface area contributed by atoms with Gasteiger partial charge in [0.1, 0.15) is 0 Å². The minimum Gasteiger partial charge on any atom is -0.374 e. The Morgan fingerprint density at radius 1 is 1.62 bits per heavy atom. The van der Waals surface area contributed by atoms with Crippen molar-refractivity contribution in [2.24, 2.45) is 5.73 Å². The smallest absolute Gasteiger partial charge is 0.0701 e. The van der Waals surface area contributed by atoms with Crippen LogP contribution in [0.2, 0.25) is 0 Å². The second-order valence-electron chi connectivity index (χ2n) is 2.38. The van der Waals surface area contributed by atoms with Crippen LogP contribution >= 0.6 is 0 Å². The number of nitrogens with two attached hydrogens (primary N) is 1. The Hall–Kier alpha value is -0.0800. The summed E-state index contributed by atoms with van der Waals surface area (Å²) in [5, 5.41) is 0. The van der Waals surface area contributed by atoms with Crippen molar-refractivity contribution in [3.05, 3.63) is 0 Å². The maximum Gasteiger partial charge on any atom is 0.0701 e. The van der Waals surface area contributed by atoms with Gasteiger partial charge in [0.2, 0.25) is 0 Å². The topological polar surface area (TPSA) is 35.2 Å². The highest BCUT2D eigenvalue weighted by Crippen LogP contribution is 2.17. The van der Waals surface area contributed by atoms with Gasteiger partial charge in [-0.15, -0.1) is 0 Å². The van der Waals surface area contributed by atoms with Gasteiger partial charge in [0.05, 0.1) is 12.2 Å². The van der Waals surface area contributed by atoms with Gasteiger partial charge in [0.25, 0.3) is 0 Å². The van der Waals surface area contributed by atoms with E-state index >= 15 is 0 Å². The highest BCUT2D eigenvalue weighted by atomic mass is 16.5. The lowest BCUT2D eigenvalue weighted by Gasteiger charge is -2.05. The number of rotatable bonds is 1. The fourth-order valence-corrected chi connectivity index (χ4v) is 1.06. The van der Waals surface area contributed by atoms with Crippen molar-refractivity contribution >= 4 is 0 Å². The van der Waals surface area contributed by atoms with Crippen molar-refractivity contribution in [3.63, 3.8) is 0 Å². The summed E-state index contributed by atoms with van der Waals surface area (Å²) in [6.45, 7) is 2.78. The zero-order valence-electron chi connectivity index (χ0n) is 5.26. The van der Waals surface area contributed by atoms with Crippen molar-refractivity contribution in [1.29, 1.82) is 0 Å². The zero-order valence-corrected chi connectivity index (χ0v) is 5.26. The van der Waals surface area contributed by atoms with Gasteiger partial charge < -0.3 is 10.5 Å². The Labute approximate surface area is 50.0 Å². The molecule has 1 rings (SSSR count). The van der Waals surface area contributed by atoms with E-state index in [9.17, 15) is 0 Å². The molecular formula is C6H13NO. The first-order valence-electron chi connectivity index (χ1n) is 3.18. The van der Waals surface area contributed by atoms with Crippen LogP contribution in [0, 0.1) is 0 Å². The van der Waals surface area contributed by atoms with Gasteiger partial charge in [-0.25, -0.2) is 0 Å². The number of ether oxygens (including phenoxy) is 1. The Balaban J connectivity index is 2.22. The van der Waals surface area contributed by atoms with Crippen LogP contribution in [0.5, 0.6) is 0 Å². The van der Waals surface area contributed by atoms with Gasteiger partial charge >= 0.3 is 0 Å². The third-order valence-corrected chi connectivity index (χ3v) is 1.58. The average molecular weight is 115 g/mol. The molecule has 0 radical (unpaired) electrons. The lowest BCUT2D eigenvalue weighted by atomic mass is 10.2. The van der Waals surface area contributed by atoms with Gasteiger partial charge in [-0.05, 0) is 19.8 Å². The minimum atomic E-state index is 0.352. The third kappa shape index (κ3) is 1.20. The molecule has 1 aliphatic rings. The molecule has 2 N–H and O–H groups in total. The first-order chi connectivity index (χ1) is 3.83. The normalized spacial score (nSPS) is 38.2. The van der Waals surface area contributed by atoms with Crippen molar-refractivity contribution in [3.8, 4) is 0 Å². The molecule has 2 atom stereocenters. The molecule has 0 unspecified atom stereocenters. The molecule has 2 heteroatoms. The quantitative estimate of drug-likeness (QED) is 0.540. The molecule has 0 aliphatic carbocycles. The molecule has 2 nitrogen and oxygen atoms in total. The maximum absolute atomic E-state index is 5.39. The lowest BCUT2D eigenvalue weighted by Crippen LogP contribution is -2.19. The van der Waals surface area contributed by atoms with Crippen molar-refractivity contribution in [2.75, 3.05) is 6.54 Å². The molecule has 0 spiro atoms. The van der Waals surface area contributed by atoms with E-state index in [2.05, 4.69) is 6.92 Å². The zero-order chi connectivity index (χ0) is 5.98. The average Bonchev–Trinajstić information content (AvgIpc) is 2.14. The van der Waals surface area contributed by atoms with Crippen molar-refractivity contribution in [1.82, 2.24) is 0 Å². The highest BCUT2D eigenvalue weighted by molar-refractivity contribution is 4.70. The largest absolute Gasteiger partial charge is 0.374 e. The van der Waals surface area contributed by atoms with Crippen LogP contribution in [0.3, 0.4) is 0 Å². The summed E-state index contributed by atoms with van der Waals surface area (Å²) in [6.07, 6.45) is 3.13. The molecule has 1 fully saturated rings. The first kappa shape index (κ1) is 6.05. The van der Waals surface area contributed by atoms with E-state index in [1.807, 2.05) is 0 Å². The SMILES string of the molecule is C[C@@H]1CC[C@@H](CN)O1. The van der Waals surface area contributed by atoms with Crippen LogP contribution in [0.1, 0.15) is 19.8 Å². The van der Waals surface area contributed by atoms with Crippen LogP contribution < -0.4 is 5.73 Å². The second kappa shape index (κ2) is 2.46. The Kier molecular flexibility index (Phi) is 1.86. The number of hydrogen-bond acceptors (Lipinski definition) is 2. The highest BCUT2D eigenvalue weighted by Gasteiger charge is 2.19. The molecule has 48 valence electrons. The van der Waals surface area contributed by atoms with Gasteiger partial charge in [-0.1, -0.05) is 0 Å². The summed E-state index contributed by atoms with van der Waals surface area (Å²) in [5.41, 5.74) is 5.37. The third-order valence-electron chi connectivity index (χ3n) is 1.58. The van der Waals surface area contributed by atoms with E-state index in [0.717, 1.165) is 6.42 Å². The predicted molar refractivity (Wildman–Crippen MR) is 32.6 cm³/mol. The van der Waals surface area contributed by atoms with E-state index in [1.165, 1.54) is 6.42 Å². The van der Waals surface area contributed by atoms with E-state index in [4.69, 9.17) is 10.5 Å². The van der Waals surface area contributed by atoms with E-state index in [-0.39, 0.29) is 0 Å². The molecule has 1 heterocycles. The van der Waals surface area contributed by atoms with Crippen LogP contribution in [-0.4, -0.2) is 18.8 Å². The first-order valence-corrected chi connectivity index (χ1v) is 3.18. The van der Waals surface area contributed by atoms with Crippen molar-refractivity contribution < 1.29 is 4.74 Å². The maximum atomic E-state index is 5.39. The lowest BCUT2D eigenvalue weighted by molar-refractivity contribution is 0.0612. The molecule has 0 saturated carbocycles. The van der Waals surface area contributed by atoms with E-state index < -0.39 is 0 Å². The monoisotopic (exact) mass is 115 g/mol. The molecule has 8 heavy (non-hydrogen) atoms. The summed E-state index contributed by atoms with van der Waals surface area (Å²) < 4.78 is 5.39. The Morgan fingerprint density at radius 2 is 2.38 bits per heavy atom. The summed E-state index contributed by atoms with van der Waals surface area (Å²) in [5.74, 6) is 0. The van der Waals surface area contributed by atoms with Gasteiger partial charge in [-0.3, -0.25) is 0 Å². The van der Waals surface area contributed by atoms with Crippen LogP contribution in [-0.2, 0) is 4.74 Å². The molecule has 0 bridgehead atoms. The molecule has 0 aromatic carbocycles. The van der Waals surface area contributed by atoms with Gasteiger partial charge in [0.15, 0.2) is 0 Å². The van der Waals surface area contributed by atoms with Crippen LogP contribution in [0.4, 0.5) is 0 Å². The van der Waals surface area contributed by atoms with E-state index in [1.54, 1.807) is 0 Å². The second-order valence-corrected chi connectivity index (χ2v) is 2.38. The minimum absolute atomic E-state index is 0.352. The van der Waals surface area contributed by atoms with Crippen LogP contribution in [0.25, 0.3) is 0 Å². The van der Waals surface area contributed by atoms with Gasteiger partial charge in [0, 0.05) is 6.54 Å². The Bertz CT molecular complexity index is 74.9. The summed E-state index contributed by atoms with van der Waals surface area (Å²) in [6, 6.07) is 0. The molecular weight excluding hydrogens is 102 g/mol. The summed E-state index contributed by atoms with van der Waals surface area (Å²) >= 11 is 0. The summed E-state index contributed by atoms with van der Waals surface area (Å²) in [7, 11) is 0. The van der Waals surface area contributed by atoms with Crippen LogP contribution in [0.15, 0.2) is 0 Å². The molecule has 0 aromatic heterocycles. The Morgan fingerprint density at radius 3 is 2.62 bits per heavy atom. The summed E-state index contributed by atoms with van der Waals surface area (Å²) in [4.78, 5) is 0. The van der Waals surface area contributed by atoms with Crippen molar-refractivity contribution in [2.45, 2.75) is 32.0 Å². The molecule has 0 amide bonds. The predicted octanol–water partition coefficient (Wildman–Crippen LogP) is 0.513. The fraction of sp³-hybridized carbons (Fsp3) is 1.00. The molecule has 0 aromatic rings. The number of hydrogen-bond donors (Lipinski definition) is 1. The fourth-order valence-electron chi connectivity index (χ4n) is 1.06.